The quantitative estimate of drug-likeness (QED) is 0.886. The maximum Gasteiger partial charge on any atom is 0.230 e. The predicted molar refractivity (Wildman–Crippen MR) is 88.5 cm³/mol. The van der Waals surface area contributed by atoms with Crippen LogP contribution >= 0.6 is 0 Å². The molecule has 1 spiro atoms. The van der Waals surface area contributed by atoms with Crippen molar-refractivity contribution in [2.75, 3.05) is 13.1 Å². The van der Waals surface area contributed by atoms with Crippen molar-refractivity contribution in [3.8, 4) is 11.6 Å². The van der Waals surface area contributed by atoms with E-state index in [1.807, 2.05) is 0 Å². The van der Waals surface area contributed by atoms with Gasteiger partial charge in [0.1, 0.15) is 11.6 Å². The maximum atomic E-state index is 12.9. The largest absolute Gasteiger partial charge is 0.437 e. The van der Waals surface area contributed by atoms with Crippen LogP contribution in [0.2, 0.25) is 0 Å². The van der Waals surface area contributed by atoms with E-state index in [1.54, 1.807) is 18.3 Å². The van der Waals surface area contributed by atoms with Gasteiger partial charge >= 0.3 is 0 Å². The Labute approximate surface area is 144 Å². The van der Waals surface area contributed by atoms with Gasteiger partial charge in [-0.15, -0.1) is 0 Å². The number of nitrogens with zero attached hydrogens (tertiary/aromatic N) is 2. The molecule has 0 radical (unpaired) electrons. The number of nitrogens with one attached hydrogen (secondary N) is 1. The molecule has 3 heterocycles. The van der Waals surface area contributed by atoms with Gasteiger partial charge in [0, 0.05) is 6.07 Å². The first-order chi connectivity index (χ1) is 12.1. The highest BCUT2D eigenvalue weighted by atomic mass is 19.1. The molecule has 1 unspecified atom stereocenters. The molecule has 0 aromatic carbocycles. The monoisotopic (exact) mass is 342 g/mol. The van der Waals surface area contributed by atoms with E-state index in [0.717, 1.165) is 38.5 Å². The van der Waals surface area contributed by atoms with Crippen LogP contribution in [-0.2, 0) is 10.2 Å². The van der Waals surface area contributed by atoms with Crippen molar-refractivity contribution in [2.24, 2.45) is 11.1 Å². The molecule has 1 atom stereocenters. The van der Waals surface area contributed by atoms with Crippen molar-refractivity contribution < 1.29 is 13.9 Å². The van der Waals surface area contributed by atoms with Gasteiger partial charge in [-0.3, -0.25) is 9.78 Å². The summed E-state index contributed by atoms with van der Waals surface area (Å²) in [5.41, 5.74) is 5.72. The molecule has 4 rings (SSSR count). The molecule has 7 heteroatoms. The fourth-order valence-corrected chi connectivity index (χ4v) is 4.05. The van der Waals surface area contributed by atoms with Gasteiger partial charge in [0.25, 0.3) is 0 Å². The average Bonchev–Trinajstić information content (AvgIpc) is 3.27. The molecule has 130 valence electrons. The SMILES string of the molecule is NC(=O)C1(c2ccc(Oc3ccc(F)cn3)cn2)CC12CCNCC2. The van der Waals surface area contributed by atoms with E-state index < -0.39 is 11.2 Å². The van der Waals surface area contributed by atoms with Gasteiger partial charge in [0.05, 0.1) is 23.5 Å². The Hall–Kier alpha value is -2.54. The summed E-state index contributed by atoms with van der Waals surface area (Å²) >= 11 is 0. The number of piperidine rings is 1. The van der Waals surface area contributed by atoms with E-state index in [-0.39, 0.29) is 17.2 Å². The second-order valence-corrected chi connectivity index (χ2v) is 6.77. The van der Waals surface area contributed by atoms with Crippen molar-refractivity contribution in [1.29, 1.82) is 0 Å². The molecule has 2 fully saturated rings. The van der Waals surface area contributed by atoms with Crippen LogP contribution < -0.4 is 15.8 Å². The number of hydrogen-bond acceptors (Lipinski definition) is 5. The van der Waals surface area contributed by atoms with Gasteiger partial charge in [-0.25, -0.2) is 9.37 Å². The van der Waals surface area contributed by atoms with E-state index in [1.165, 1.54) is 12.1 Å². The number of amides is 1. The Bertz CT molecular complexity index is 788. The molecule has 1 aliphatic heterocycles. The number of carbonyl (C=O) groups is 1. The molecule has 1 aliphatic carbocycles. The van der Waals surface area contributed by atoms with Gasteiger partial charge in [-0.2, -0.15) is 0 Å². The minimum absolute atomic E-state index is 0.0715. The molecule has 0 bridgehead atoms. The van der Waals surface area contributed by atoms with Crippen molar-refractivity contribution in [3.63, 3.8) is 0 Å². The third-order valence-corrected chi connectivity index (χ3v) is 5.46. The molecule has 3 N–H and O–H groups in total. The predicted octanol–water partition coefficient (Wildman–Crippen LogP) is 1.90. The van der Waals surface area contributed by atoms with Crippen LogP contribution in [0.15, 0.2) is 36.7 Å². The highest BCUT2D eigenvalue weighted by molar-refractivity contribution is 5.91. The standard InChI is InChI=1S/C18H19FN4O2/c19-12-1-4-15(23-9-12)25-13-2-3-14(22-10-13)18(16(20)24)11-17(18)5-7-21-8-6-17/h1-4,9-10,21H,5-8,11H2,(H2,20,24). The van der Waals surface area contributed by atoms with Gasteiger partial charge in [-0.1, -0.05) is 0 Å². The third kappa shape index (κ3) is 2.55. The summed E-state index contributed by atoms with van der Waals surface area (Å²) in [6.07, 6.45) is 5.25. The molecule has 2 aromatic heterocycles. The number of halogens is 1. The van der Waals surface area contributed by atoms with Gasteiger partial charge in [0.2, 0.25) is 11.8 Å². The van der Waals surface area contributed by atoms with Crippen LogP contribution in [0.3, 0.4) is 0 Å². The summed E-state index contributed by atoms with van der Waals surface area (Å²) < 4.78 is 18.4. The zero-order valence-corrected chi connectivity index (χ0v) is 13.7. The second kappa shape index (κ2) is 5.77. The zero-order valence-electron chi connectivity index (χ0n) is 13.7. The maximum absolute atomic E-state index is 12.9. The van der Waals surface area contributed by atoms with Gasteiger partial charge in [0.15, 0.2) is 0 Å². The second-order valence-electron chi connectivity index (χ2n) is 6.77. The summed E-state index contributed by atoms with van der Waals surface area (Å²) in [7, 11) is 0. The number of primary amides is 1. The Balaban J connectivity index is 1.56. The first-order valence-corrected chi connectivity index (χ1v) is 8.32. The number of hydrogen-bond donors (Lipinski definition) is 2. The summed E-state index contributed by atoms with van der Waals surface area (Å²) in [5.74, 6) is 0.0188. The Morgan fingerprint density at radius 2 is 1.96 bits per heavy atom. The van der Waals surface area contributed by atoms with E-state index in [2.05, 4.69) is 15.3 Å². The molecular weight excluding hydrogens is 323 g/mol. The van der Waals surface area contributed by atoms with Crippen LogP contribution in [0, 0.1) is 11.2 Å². The molecule has 2 aromatic rings. The van der Waals surface area contributed by atoms with Crippen molar-refractivity contribution in [2.45, 2.75) is 24.7 Å². The minimum atomic E-state index is -0.679. The number of pyridine rings is 2. The van der Waals surface area contributed by atoms with Gasteiger partial charge < -0.3 is 15.8 Å². The number of nitrogens with two attached hydrogens (primary N) is 1. The summed E-state index contributed by atoms with van der Waals surface area (Å²) in [5, 5.41) is 3.32. The summed E-state index contributed by atoms with van der Waals surface area (Å²) in [6.45, 7) is 1.79. The van der Waals surface area contributed by atoms with Crippen LogP contribution in [0.5, 0.6) is 11.6 Å². The molecule has 1 saturated carbocycles. The van der Waals surface area contributed by atoms with E-state index in [9.17, 15) is 9.18 Å². The van der Waals surface area contributed by atoms with Crippen molar-refractivity contribution in [3.05, 3.63) is 48.2 Å². The van der Waals surface area contributed by atoms with E-state index in [0.29, 0.717) is 11.4 Å². The van der Waals surface area contributed by atoms with Gasteiger partial charge in [-0.05, 0) is 56.0 Å². The molecular formula is C18H19FN4O2. The fourth-order valence-electron chi connectivity index (χ4n) is 4.05. The Morgan fingerprint density at radius 3 is 2.56 bits per heavy atom. The van der Waals surface area contributed by atoms with E-state index in [4.69, 9.17) is 10.5 Å². The molecule has 25 heavy (non-hydrogen) atoms. The number of aromatic nitrogens is 2. The lowest BCUT2D eigenvalue weighted by Crippen LogP contribution is -2.40. The third-order valence-electron chi connectivity index (χ3n) is 5.46. The topological polar surface area (TPSA) is 90.1 Å². The Morgan fingerprint density at radius 1 is 1.16 bits per heavy atom. The zero-order chi connectivity index (χ0) is 17.5. The van der Waals surface area contributed by atoms with Crippen molar-refractivity contribution in [1.82, 2.24) is 15.3 Å². The Kier molecular flexibility index (Phi) is 3.68. The molecule has 1 amide bonds. The highest BCUT2D eigenvalue weighted by Crippen LogP contribution is 2.68. The van der Waals surface area contributed by atoms with E-state index >= 15 is 0 Å². The average molecular weight is 342 g/mol. The lowest BCUT2D eigenvalue weighted by Gasteiger charge is -2.27. The normalized spacial score (nSPS) is 24.0. The number of carbonyl (C=O) groups excluding carboxylic acids is 1. The smallest absolute Gasteiger partial charge is 0.230 e. The molecule has 1 saturated heterocycles. The first kappa shape index (κ1) is 16.0. The van der Waals surface area contributed by atoms with Crippen LogP contribution in [0.4, 0.5) is 4.39 Å². The fraction of sp³-hybridized carbons (Fsp3) is 0.389. The van der Waals surface area contributed by atoms with Crippen LogP contribution in [-0.4, -0.2) is 29.0 Å². The van der Waals surface area contributed by atoms with Crippen LogP contribution in [0.1, 0.15) is 25.0 Å². The molecule has 2 aliphatic rings. The minimum Gasteiger partial charge on any atom is -0.437 e. The van der Waals surface area contributed by atoms with Crippen molar-refractivity contribution >= 4 is 5.91 Å². The lowest BCUT2D eigenvalue weighted by atomic mass is 9.82. The lowest BCUT2D eigenvalue weighted by molar-refractivity contribution is -0.121. The summed E-state index contributed by atoms with van der Waals surface area (Å²) in [4.78, 5) is 20.5. The van der Waals surface area contributed by atoms with Crippen LogP contribution in [0.25, 0.3) is 0 Å². The number of rotatable bonds is 4. The highest BCUT2D eigenvalue weighted by Gasteiger charge is 2.72. The molecule has 6 nitrogen and oxygen atoms in total. The number of ether oxygens (including phenoxy) is 1. The first-order valence-electron chi connectivity index (χ1n) is 8.32. The summed E-state index contributed by atoms with van der Waals surface area (Å²) in [6, 6.07) is 6.25.